The van der Waals surface area contributed by atoms with Crippen LogP contribution < -0.4 is 5.32 Å². The Morgan fingerprint density at radius 2 is 1.88 bits per heavy atom. The SMILES string of the molecule is O=C(CCc1ccccc1F)Nc1nnc(-c2ccccc2Cl)s1. The molecule has 0 saturated carbocycles. The van der Waals surface area contributed by atoms with Gasteiger partial charge in [-0.1, -0.05) is 59.3 Å². The zero-order valence-electron chi connectivity index (χ0n) is 12.5. The van der Waals surface area contributed by atoms with Crippen LogP contribution in [0, 0.1) is 5.82 Å². The molecule has 0 unspecified atom stereocenters. The largest absolute Gasteiger partial charge is 0.301 e. The summed E-state index contributed by atoms with van der Waals surface area (Å²) in [6.07, 6.45) is 0.497. The highest BCUT2D eigenvalue weighted by Crippen LogP contribution is 2.31. The third-order valence-corrected chi connectivity index (χ3v) is 4.56. The second-order valence-electron chi connectivity index (χ2n) is 5.03. The van der Waals surface area contributed by atoms with Gasteiger partial charge in [-0.2, -0.15) is 0 Å². The number of hydrogen-bond donors (Lipinski definition) is 1. The van der Waals surface area contributed by atoms with E-state index in [1.54, 1.807) is 24.3 Å². The van der Waals surface area contributed by atoms with E-state index in [1.165, 1.54) is 17.4 Å². The van der Waals surface area contributed by atoms with Crippen LogP contribution in [0.1, 0.15) is 12.0 Å². The standard InChI is InChI=1S/C17H13ClFN3OS/c18-13-7-3-2-6-12(13)16-21-22-17(24-16)20-15(23)10-9-11-5-1-4-8-14(11)19/h1-8H,9-10H2,(H,20,22,23). The fraction of sp³-hybridized carbons (Fsp3) is 0.118. The Hall–Kier alpha value is -2.31. The Labute approximate surface area is 147 Å². The fourth-order valence-corrected chi connectivity index (χ4v) is 3.23. The number of hydrogen-bond acceptors (Lipinski definition) is 4. The third-order valence-electron chi connectivity index (χ3n) is 3.35. The summed E-state index contributed by atoms with van der Waals surface area (Å²) in [5.41, 5.74) is 1.28. The normalized spacial score (nSPS) is 10.6. The van der Waals surface area contributed by atoms with Gasteiger partial charge in [0.15, 0.2) is 5.01 Å². The number of nitrogens with one attached hydrogen (secondary N) is 1. The smallest absolute Gasteiger partial charge is 0.226 e. The molecule has 1 heterocycles. The van der Waals surface area contributed by atoms with Crippen molar-refractivity contribution in [1.82, 2.24) is 10.2 Å². The van der Waals surface area contributed by atoms with Crippen molar-refractivity contribution in [1.29, 1.82) is 0 Å². The van der Waals surface area contributed by atoms with Gasteiger partial charge in [0, 0.05) is 12.0 Å². The van der Waals surface area contributed by atoms with E-state index in [0.29, 0.717) is 27.1 Å². The van der Waals surface area contributed by atoms with E-state index in [1.807, 2.05) is 18.2 Å². The molecule has 0 atom stereocenters. The molecule has 3 aromatic rings. The average molecular weight is 362 g/mol. The number of anilines is 1. The van der Waals surface area contributed by atoms with Gasteiger partial charge in [0.1, 0.15) is 5.82 Å². The van der Waals surface area contributed by atoms with E-state index in [2.05, 4.69) is 15.5 Å². The Morgan fingerprint density at radius 1 is 1.12 bits per heavy atom. The molecule has 0 aliphatic rings. The number of rotatable bonds is 5. The molecule has 4 nitrogen and oxygen atoms in total. The maximum absolute atomic E-state index is 13.5. The molecular formula is C17H13ClFN3OS. The summed E-state index contributed by atoms with van der Waals surface area (Å²) in [5.74, 6) is -0.540. The van der Waals surface area contributed by atoms with Crippen molar-refractivity contribution in [3.8, 4) is 10.6 Å². The molecule has 0 bridgehead atoms. The molecule has 2 aromatic carbocycles. The van der Waals surface area contributed by atoms with Crippen LogP contribution in [0.5, 0.6) is 0 Å². The molecule has 0 saturated heterocycles. The van der Waals surface area contributed by atoms with Crippen molar-refractivity contribution in [3.05, 3.63) is 64.9 Å². The highest BCUT2D eigenvalue weighted by molar-refractivity contribution is 7.18. The second kappa shape index (κ2) is 7.51. The number of aromatic nitrogens is 2. The van der Waals surface area contributed by atoms with Crippen molar-refractivity contribution < 1.29 is 9.18 Å². The molecule has 0 fully saturated rings. The molecule has 122 valence electrons. The van der Waals surface area contributed by atoms with E-state index in [0.717, 1.165) is 5.56 Å². The molecule has 0 aliphatic carbocycles. The van der Waals surface area contributed by atoms with Gasteiger partial charge in [-0.05, 0) is 24.1 Å². The maximum Gasteiger partial charge on any atom is 0.226 e. The quantitative estimate of drug-likeness (QED) is 0.724. The van der Waals surface area contributed by atoms with Crippen LogP contribution in [0.25, 0.3) is 10.6 Å². The first-order valence-corrected chi connectivity index (χ1v) is 8.44. The highest BCUT2D eigenvalue weighted by atomic mass is 35.5. The third kappa shape index (κ3) is 3.96. The van der Waals surface area contributed by atoms with E-state index in [9.17, 15) is 9.18 Å². The minimum Gasteiger partial charge on any atom is -0.301 e. The summed E-state index contributed by atoms with van der Waals surface area (Å²) in [7, 11) is 0. The minimum atomic E-state index is -0.303. The predicted molar refractivity (Wildman–Crippen MR) is 93.7 cm³/mol. The molecule has 24 heavy (non-hydrogen) atoms. The van der Waals surface area contributed by atoms with Gasteiger partial charge >= 0.3 is 0 Å². The lowest BCUT2D eigenvalue weighted by molar-refractivity contribution is -0.116. The van der Waals surface area contributed by atoms with Crippen LogP contribution in [0.3, 0.4) is 0 Å². The maximum atomic E-state index is 13.5. The fourth-order valence-electron chi connectivity index (χ4n) is 2.15. The topological polar surface area (TPSA) is 54.9 Å². The number of halogens is 2. The molecular weight excluding hydrogens is 349 g/mol. The van der Waals surface area contributed by atoms with Gasteiger partial charge < -0.3 is 5.32 Å². The van der Waals surface area contributed by atoms with Crippen molar-refractivity contribution in [2.45, 2.75) is 12.8 Å². The summed E-state index contributed by atoms with van der Waals surface area (Å²) in [6.45, 7) is 0. The first kappa shape index (κ1) is 16.5. The van der Waals surface area contributed by atoms with Crippen LogP contribution in [-0.4, -0.2) is 16.1 Å². The molecule has 0 aliphatic heterocycles. The van der Waals surface area contributed by atoms with E-state index < -0.39 is 0 Å². The molecule has 3 rings (SSSR count). The second-order valence-corrected chi connectivity index (χ2v) is 6.42. The number of amides is 1. The van der Waals surface area contributed by atoms with Gasteiger partial charge in [-0.25, -0.2) is 4.39 Å². The molecule has 7 heteroatoms. The Kier molecular flexibility index (Phi) is 5.17. The molecule has 1 N–H and O–H groups in total. The Balaban J connectivity index is 1.62. The molecule has 1 aromatic heterocycles. The van der Waals surface area contributed by atoms with Gasteiger partial charge in [0.05, 0.1) is 5.02 Å². The van der Waals surface area contributed by atoms with E-state index in [-0.39, 0.29) is 18.1 Å². The highest BCUT2D eigenvalue weighted by Gasteiger charge is 2.12. The molecule has 0 spiro atoms. The lowest BCUT2D eigenvalue weighted by atomic mass is 10.1. The number of carbonyl (C=O) groups excluding carboxylic acids is 1. The van der Waals surface area contributed by atoms with Crippen molar-refractivity contribution in [2.75, 3.05) is 5.32 Å². The van der Waals surface area contributed by atoms with Crippen LogP contribution >= 0.6 is 22.9 Å². The van der Waals surface area contributed by atoms with Crippen molar-refractivity contribution in [3.63, 3.8) is 0 Å². The first-order chi connectivity index (χ1) is 11.6. The summed E-state index contributed by atoms with van der Waals surface area (Å²) in [6, 6.07) is 13.7. The summed E-state index contributed by atoms with van der Waals surface area (Å²) >= 11 is 7.36. The predicted octanol–water partition coefficient (Wildman–Crippen LogP) is 4.57. The lowest BCUT2D eigenvalue weighted by Crippen LogP contribution is -2.12. The van der Waals surface area contributed by atoms with Crippen LogP contribution in [0.2, 0.25) is 5.02 Å². The summed E-state index contributed by atoms with van der Waals surface area (Å²) in [4.78, 5) is 12.0. The van der Waals surface area contributed by atoms with E-state index in [4.69, 9.17) is 11.6 Å². The lowest BCUT2D eigenvalue weighted by Gasteiger charge is -2.03. The van der Waals surface area contributed by atoms with E-state index >= 15 is 0 Å². The zero-order valence-corrected chi connectivity index (χ0v) is 14.1. The minimum absolute atomic E-state index is 0.169. The number of nitrogens with zero attached hydrogens (tertiary/aromatic N) is 2. The summed E-state index contributed by atoms with van der Waals surface area (Å²) in [5, 5.41) is 12.3. The number of carbonyl (C=O) groups is 1. The van der Waals surface area contributed by atoms with Gasteiger partial charge in [-0.3, -0.25) is 4.79 Å². The zero-order chi connectivity index (χ0) is 16.9. The summed E-state index contributed by atoms with van der Waals surface area (Å²) < 4.78 is 13.5. The molecule has 1 amide bonds. The van der Waals surface area contributed by atoms with Gasteiger partial charge in [0.25, 0.3) is 0 Å². The monoisotopic (exact) mass is 361 g/mol. The Bertz CT molecular complexity index is 868. The number of benzene rings is 2. The van der Waals surface area contributed by atoms with Crippen molar-refractivity contribution >= 4 is 34.0 Å². The Morgan fingerprint density at radius 3 is 2.67 bits per heavy atom. The average Bonchev–Trinajstić information content (AvgIpc) is 3.03. The van der Waals surface area contributed by atoms with Crippen LogP contribution in [0.4, 0.5) is 9.52 Å². The van der Waals surface area contributed by atoms with Gasteiger partial charge in [-0.15, -0.1) is 10.2 Å². The first-order valence-electron chi connectivity index (χ1n) is 7.25. The van der Waals surface area contributed by atoms with Gasteiger partial charge in [0.2, 0.25) is 11.0 Å². The number of aryl methyl sites for hydroxylation is 1. The van der Waals surface area contributed by atoms with Crippen molar-refractivity contribution in [2.24, 2.45) is 0 Å². The van der Waals surface area contributed by atoms with Crippen LogP contribution in [0.15, 0.2) is 48.5 Å². The molecule has 0 radical (unpaired) electrons. The van der Waals surface area contributed by atoms with Crippen LogP contribution in [-0.2, 0) is 11.2 Å².